The van der Waals surface area contributed by atoms with Crippen LogP contribution in [0.15, 0.2) is 219 Å². The first kappa shape index (κ1) is 44.4. The van der Waals surface area contributed by atoms with Gasteiger partial charge in [-0.05, 0) is 128 Å². The lowest BCUT2D eigenvalue weighted by molar-refractivity contribution is 0.627. The summed E-state index contributed by atoms with van der Waals surface area (Å²) in [5.41, 5.74) is 10.7. The minimum atomic E-state index is -0.337. The van der Waals surface area contributed by atoms with E-state index < -0.39 is 0 Å². The fourth-order valence-electron chi connectivity index (χ4n) is 9.04. The number of benzene rings is 8. The molecule has 0 aliphatic carbocycles. The first-order valence-corrected chi connectivity index (χ1v) is 23.5. The molecule has 12 heteroatoms. The van der Waals surface area contributed by atoms with Crippen LogP contribution < -0.4 is 0 Å². The number of aromatic nitrogens is 9. The zero-order chi connectivity index (χ0) is 49.4. The minimum absolute atomic E-state index is 0.333. The minimum Gasteiger partial charge on any atom is -0.299 e. The van der Waals surface area contributed by atoms with Crippen LogP contribution in [0.1, 0.15) is 12.6 Å². The van der Waals surface area contributed by atoms with Crippen molar-refractivity contribution in [2.24, 2.45) is 0 Å². The van der Waals surface area contributed by atoms with Gasteiger partial charge in [0.1, 0.15) is 34.9 Å². The number of hydrogen-bond donors (Lipinski definition) is 0. The van der Waals surface area contributed by atoms with Gasteiger partial charge in [-0.25, -0.2) is 43.1 Å². The Kier molecular flexibility index (Phi) is 11.5. The van der Waals surface area contributed by atoms with Gasteiger partial charge in [0.2, 0.25) is 0 Å². The van der Waals surface area contributed by atoms with E-state index in [1.54, 1.807) is 36.4 Å². The molecule has 0 saturated heterocycles. The van der Waals surface area contributed by atoms with Gasteiger partial charge in [0.05, 0.1) is 27.8 Å². The number of fused-ring (bicyclic) bond motifs is 2. The molecule has 0 aliphatic rings. The van der Waals surface area contributed by atoms with Crippen molar-refractivity contribution in [1.82, 2.24) is 43.6 Å². The van der Waals surface area contributed by atoms with E-state index in [1.807, 2.05) is 172 Å². The molecule has 0 bridgehead atoms. The van der Waals surface area contributed by atoms with Gasteiger partial charge in [-0.3, -0.25) is 13.7 Å². The third-order valence-corrected chi connectivity index (χ3v) is 12.5. The predicted octanol–water partition coefficient (Wildman–Crippen LogP) is 14.7. The number of nitrogens with zero attached hydrogens (tertiary/aromatic N) is 9. The largest absolute Gasteiger partial charge is 0.299 e. The molecule has 4 aromatic heterocycles. The van der Waals surface area contributed by atoms with Crippen LogP contribution in [0.2, 0.25) is 0 Å². The number of allylic oxidation sites excluding steroid dienone is 3. The highest BCUT2D eigenvalue weighted by molar-refractivity contribution is 5.86. The van der Waals surface area contributed by atoms with Gasteiger partial charge in [-0.15, -0.1) is 0 Å². The molecule has 0 aliphatic heterocycles. The summed E-state index contributed by atoms with van der Waals surface area (Å²) in [4.78, 5) is 30.8. The molecule has 4 heterocycles. The summed E-state index contributed by atoms with van der Waals surface area (Å²) < 4.78 is 48.7. The highest BCUT2D eigenvalue weighted by Gasteiger charge is 2.21. The predicted molar refractivity (Wildman–Crippen MR) is 283 cm³/mol. The van der Waals surface area contributed by atoms with Gasteiger partial charge >= 0.3 is 0 Å². The van der Waals surface area contributed by atoms with E-state index in [4.69, 9.17) is 29.9 Å². The lowest BCUT2D eigenvalue weighted by atomic mass is 10.1. The third-order valence-electron chi connectivity index (χ3n) is 12.5. The molecule has 0 fully saturated rings. The molecule has 0 unspecified atom stereocenters. The molecule has 12 aromatic rings. The molecule has 0 N–H and O–H groups in total. The normalized spacial score (nSPS) is 11.7. The SMILES string of the molecule is C/C=C\C=C/c1cn(-c2ccc(F)cc2)c(-c2cccc(-c3nc(-c4cccc(-c5nc6ccccc6n5-c5ccc(F)cc5)c4)nc(-c4cccc(-c5nc6ccccc6n5-c5ccc(F)cc5)c4)n3)c2)n1. The highest BCUT2D eigenvalue weighted by atomic mass is 19.1. The summed E-state index contributed by atoms with van der Waals surface area (Å²) in [6, 6.07) is 58.4. The average Bonchev–Trinajstić information content (AvgIpc) is 4.16. The zero-order valence-corrected chi connectivity index (χ0v) is 39.0. The van der Waals surface area contributed by atoms with Crippen molar-refractivity contribution in [2.75, 3.05) is 0 Å². The van der Waals surface area contributed by atoms with Gasteiger partial charge in [0.15, 0.2) is 17.5 Å². The fraction of sp³-hybridized carbons (Fsp3) is 0.0164. The van der Waals surface area contributed by atoms with Crippen LogP contribution in [-0.4, -0.2) is 43.6 Å². The number of imidazole rings is 3. The van der Waals surface area contributed by atoms with Crippen LogP contribution in [0.25, 0.3) is 114 Å². The van der Waals surface area contributed by atoms with Crippen molar-refractivity contribution in [3.05, 3.63) is 242 Å². The van der Waals surface area contributed by atoms with E-state index in [9.17, 15) is 13.2 Å². The maximum absolute atomic E-state index is 14.3. The van der Waals surface area contributed by atoms with Gasteiger partial charge in [-0.1, -0.05) is 97.1 Å². The van der Waals surface area contributed by atoms with Crippen LogP contribution in [0, 0.1) is 17.5 Å². The van der Waals surface area contributed by atoms with Crippen molar-refractivity contribution >= 4 is 28.1 Å². The van der Waals surface area contributed by atoms with E-state index in [-0.39, 0.29) is 17.5 Å². The van der Waals surface area contributed by atoms with Crippen molar-refractivity contribution < 1.29 is 13.2 Å². The smallest absolute Gasteiger partial charge is 0.164 e. The van der Waals surface area contributed by atoms with Crippen molar-refractivity contribution in [1.29, 1.82) is 0 Å². The Balaban J connectivity index is 1.03. The molecular formula is C61H40F3N9. The third kappa shape index (κ3) is 8.67. The maximum atomic E-state index is 14.3. The molecule has 0 saturated carbocycles. The van der Waals surface area contributed by atoms with E-state index in [2.05, 4.69) is 0 Å². The molecule has 0 spiro atoms. The van der Waals surface area contributed by atoms with E-state index in [0.717, 1.165) is 55.8 Å². The summed E-state index contributed by atoms with van der Waals surface area (Å²) in [6.07, 6.45) is 9.64. The zero-order valence-electron chi connectivity index (χ0n) is 39.0. The standard InChI is InChI=1S/C61H40F3N9/c1-2-3-4-18-48-38-71(49-29-23-45(62)24-30-49)59(65-48)42-15-9-12-39(35-42)56-68-57(40-13-10-16-43(36-40)60-66-52-19-5-7-21-54(52)72(60)50-31-25-46(63)26-32-50)70-58(69-56)41-14-11-17-44(37-41)61-67-53-20-6-8-22-55(53)73(61)51-33-27-47(64)28-34-51/h2-38H,1H3/b3-2-,18-4-. The molecule has 8 aromatic carbocycles. The quantitative estimate of drug-likeness (QED) is 0.120. The number of para-hydroxylation sites is 4. The maximum Gasteiger partial charge on any atom is 0.164 e. The Morgan fingerprint density at radius 1 is 0.370 bits per heavy atom. The molecular weight excluding hydrogens is 916 g/mol. The summed E-state index contributed by atoms with van der Waals surface area (Å²) in [6.45, 7) is 1.95. The second kappa shape index (κ2) is 18.8. The van der Waals surface area contributed by atoms with E-state index in [1.165, 1.54) is 36.4 Å². The summed E-state index contributed by atoms with van der Waals surface area (Å²) in [5, 5.41) is 0. The molecule has 0 amide bonds. The van der Waals surface area contributed by atoms with Crippen LogP contribution in [0.4, 0.5) is 13.2 Å². The lowest BCUT2D eigenvalue weighted by Crippen LogP contribution is -2.02. The first-order chi connectivity index (χ1) is 35.8. The van der Waals surface area contributed by atoms with Gasteiger partial charge in [-0.2, -0.15) is 0 Å². The summed E-state index contributed by atoms with van der Waals surface area (Å²) >= 11 is 0. The van der Waals surface area contributed by atoms with Gasteiger partial charge < -0.3 is 0 Å². The molecule has 12 rings (SSSR count). The number of halogens is 3. The van der Waals surface area contributed by atoms with E-state index in [0.29, 0.717) is 57.3 Å². The monoisotopic (exact) mass is 955 g/mol. The van der Waals surface area contributed by atoms with Crippen molar-refractivity contribution in [3.63, 3.8) is 0 Å². The van der Waals surface area contributed by atoms with Crippen LogP contribution in [-0.2, 0) is 0 Å². The summed E-state index contributed by atoms with van der Waals surface area (Å²) in [7, 11) is 0. The highest BCUT2D eigenvalue weighted by Crippen LogP contribution is 2.35. The topological polar surface area (TPSA) is 92.1 Å². The second-order valence-electron chi connectivity index (χ2n) is 17.2. The molecule has 9 nitrogen and oxygen atoms in total. The molecule has 350 valence electrons. The van der Waals surface area contributed by atoms with Gasteiger partial charge in [0.25, 0.3) is 0 Å². The molecule has 0 radical (unpaired) electrons. The Morgan fingerprint density at radius 3 is 1.21 bits per heavy atom. The molecule has 0 atom stereocenters. The van der Waals surface area contributed by atoms with Gasteiger partial charge in [0, 0.05) is 56.6 Å². The first-order valence-electron chi connectivity index (χ1n) is 23.5. The number of rotatable bonds is 11. The number of hydrogen-bond acceptors (Lipinski definition) is 6. The van der Waals surface area contributed by atoms with E-state index >= 15 is 0 Å². The second-order valence-corrected chi connectivity index (χ2v) is 17.2. The summed E-state index contributed by atoms with van der Waals surface area (Å²) in [5.74, 6) is 2.17. The Bertz CT molecular complexity index is 3890. The Morgan fingerprint density at radius 2 is 0.767 bits per heavy atom. The van der Waals surface area contributed by atoms with Crippen LogP contribution in [0.5, 0.6) is 0 Å². The Hall–Kier alpha value is -9.81. The van der Waals surface area contributed by atoms with Crippen molar-refractivity contribution in [2.45, 2.75) is 6.92 Å². The molecule has 73 heavy (non-hydrogen) atoms. The average molecular weight is 956 g/mol. The lowest BCUT2D eigenvalue weighted by Gasteiger charge is -2.13. The van der Waals surface area contributed by atoms with Crippen LogP contribution >= 0.6 is 0 Å². The Labute approximate surface area is 417 Å². The van der Waals surface area contributed by atoms with Crippen LogP contribution in [0.3, 0.4) is 0 Å². The van der Waals surface area contributed by atoms with Crippen molar-refractivity contribution in [3.8, 4) is 85.4 Å². The fourth-order valence-corrected chi connectivity index (χ4v) is 9.04.